The van der Waals surface area contributed by atoms with Gasteiger partial charge in [0.25, 0.3) is 0 Å². The fourth-order valence-electron chi connectivity index (χ4n) is 1.60. The SMILES string of the molecule is Fc1ccc(OC2C=CCCC2)cc1Br. The van der Waals surface area contributed by atoms with Gasteiger partial charge in [0.15, 0.2) is 0 Å². The van der Waals surface area contributed by atoms with Gasteiger partial charge in [0, 0.05) is 0 Å². The van der Waals surface area contributed by atoms with Gasteiger partial charge in [-0.2, -0.15) is 0 Å². The van der Waals surface area contributed by atoms with Gasteiger partial charge >= 0.3 is 0 Å². The fraction of sp³-hybridized carbons (Fsp3) is 0.333. The minimum atomic E-state index is -0.262. The molecule has 1 atom stereocenters. The summed E-state index contributed by atoms with van der Waals surface area (Å²) in [5.74, 6) is 0.446. The Morgan fingerprint density at radius 3 is 2.93 bits per heavy atom. The molecule has 0 saturated carbocycles. The number of allylic oxidation sites excluding steroid dienone is 1. The lowest BCUT2D eigenvalue weighted by atomic mass is 10.1. The van der Waals surface area contributed by atoms with Crippen LogP contribution in [0.25, 0.3) is 0 Å². The molecule has 1 aliphatic rings. The van der Waals surface area contributed by atoms with E-state index in [1.165, 1.54) is 6.07 Å². The van der Waals surface area contributed by atoms with Crippen LogP contribution >= 0.6 is 15.9 Å². The highest BCUT2D eigenvalue weighted by molar-refractivity contribution is 9.10. The highest BCUT2D eigenvalue weighted by atomic mass is 79.9. The van der Waals surface area contributed by atoms with Crippen molar-refractivity contribution in [2.75, 3.05) is 0 Å². The van der Waals surface area contributed by atoms with Crippen molar-refractivity contribution in [2.24, 2.45) is 0 Å². The van der Waals surface area contributed by atoms with Gasteiger partial charge in [-0.1, -0.05) is 6.08 Å². The Hall–Kier alpha value is -0.830. The highest BCUT2D eigenvalue weighted by Gasteiger charge is 2.10. The van der Waals surface area contributed by atoms with Crippen LogP contribution in [0.15, 0.2) is 34.8 Å². The summed E-state index contributed by atoms with van der Waals surface area (Å²) in [5, 5.41) is 0. The van der Waals surface area contributed by atoms with Crippen molar-refractivity contribution in [3.63, 3.8) is 0 Å². The molecule has 0 heterocycles. The molecule has 2 rings (SSSR count). The van der Waals surface area contributed by atoms with Crippen molar-refractivity contribution in [2.45, 2.75) is 25.4 Å². The van der Waals surface area contributed by atoms with E-state index in [-0.39, 0.29) is 11.9 Å². The zero-order chi connectivity index (χ0) is 10.7. The Morgan fingerprint density at radius 2 is 2.27 bits per heavy atom. The zero-order valence-corrected chi connectivity index (χ0v) is 9.84. The summed E-state index contributed by atoms with van der Waals surface area (Å²) in [4.78, 5) is 0. The molecule has 1 aromatic carbocycles. The standard InChI is InChI=1S/C12H12BrFO/c13-11-8-10(6-7-12(11)14)15-9-4-2-1-3-5-9/h2,4,6-9H,1,3,5H2. The lowest BCUT2D eigenvalue weighted by Gasteiger charge is -2.18. The summed E-state index contributed by atoms with van der Waals surface area (Å²) in [7, 11) is 0. The van der Waals surface area contributed by atoms with Gasteiger partial charge in [-0.05, 0) is 59.5 Å². The van der Waals surface area contributed by atoms with Gasteiger partial charge in [-0.15, -0.1) is 0 Å². The lowest BCUT2D eigenvalue weighted by molar-refractivity contribution is 0.229. The minimum Gasteiger partial charge on any atom is -0.486 e. The predicted molar refractivity (Wildman–Crippen MR) is 61.5 cm³/mol. The molecule has 0 aromatic heterocycles. The Labute approximate surface area is 97.1 Å². The Kier molecular flexibility index (Phi) is 3.41. The second-order valence-electron chi connectivity index (χ2n) is 3.59. The molecule has 3 heteroatoms. The average molecular weight is 271 g/mol. The summed E-state index contributed by atoms with van der Waals surface area (Å²) < 4.78 is 19.1. The van der Waals surface area contributed by atoms with Gasteiger partial charge in [0.05, 0.1) is 4.47 Å². The van der Waals surface area contributed by atoms with E-state index in [4.69, 9.17) is 4.74 Å². The number of hydrogen-bond donors (Lipinski definition) is 0. The molecule has 15 heavy (non-hydrogen) atoms. The zero-order valence-electron chi connectivity index (χ0n) is 8.25. The van der Waals surface area contributed by atoms with E-state index in [1.54, 1.807) is 12.1 Å². The normalized spacial score (nSPS) is 20.3. The van der Waals surface area contributed by atoms with Crippen molar-refractivity contribution in [1.82, 2.24) is 0 Å². The molecular formula is C12H12BrFO. The van der Waals surface area contributed by atoms with Crippen molar-refractivity contribution < 1.29 is 9.13 Å². The first-order valence-corrected chi connectivity index (χ1v) is 5.83. The molecular weight excluding hydrogens is 259 g/mol. The molecule has 1 unspecified atom stereocenters. The Balaban J connectivity index is 2.07. The minimum absolute atomic E-state index is 0.135. The number of ether oxygens (including phenoxy) is 1. The highest BCUT2D eigenvalue weighted by Crippen LogP contribution is 2.24. The maximum atomic E-state index is 13.0. The monoisotopic (exact) mass is 270 g/mol. The smallest absolute Gasteiger partial charge is 0.137 e. The summed E-state index contributed by atoms with van der Waals surface area (Å²) in [6.45, 7) is 0. The summed E-state index contributed by atoms with van der Waals surface area (Å²) in [5.41, 5.74) is 0. The van der Waals surface area contributed by atoms with Gasteiger partial charge < -0.3 is 4.74 Å². The Morgan fingerprint density at radius 1 is 1.40 bits per heavy atom. The molecule has 0 amide bonds. The number of benzene rings is 1. The van der Waals surface area contributed by atoms with E-state index < -0.39 is 0 Å². The van der Waals surface area contributed by atoms with Crippen LogP contribution in [0.5, 0.6) is 5.75 Å². The van der Waals surface area contributed by atoms with Gasteiger partial charge in [-0.25, -0.2) is 4.39 Å². The third-order valence-electron chi connectivity index (χ3n) is 2.39. The fourth-order valence-corrected chi connectivity index (χ4v) is 1.96. The third kappa shape index (κ3) is 2.81. The second kappa shape index (κ2) is 4.79. The van der Waals surface area contributed by atoms with Crippen molar-refractivity contribution in [3.8, 4) is 5.75 Å². The van der Waals surface area contributed by atoms with Crippen LogP contribution in [-0.2, 0) is 0 Å². The summed E-state index contributed by atoms with van der Waals surface area (Å²) >= 11 is 3.14. The molecule has 0 radical (unpaired) electrons. The average Bonchev–Trinajstić information content (AvgIpc) is 2.25. The van der Waals surface area contributed by atoms with Crippen molar-refractivity contribution >= 4 is 15.9 Å². The van der Waals surface area contributed by atoms with Crippen LogP contribution in [0, 0.1) is 5.82 Å². The first kappa shape index (κ1) is 10.7. The van der Waals surface area contributed by atoms with E-state index in [9.17, 15) is 4.39 Å². The van der Waals surface area contributed by atoms with Crippen LogP contribution in [-0.4, -0.2) is 6.10 Å². The molecule has 0 spiro atoms. The van der Waals surface area contributed by atoms with Gasteiger partial charge in [-0.3, -0.25) is 0 Å². The summed E-state index contributed by atoms with van der Waals surface area (Å²) in [6, 6.07) is 4.73. The largest absolute Gasteiger partial charge is 0.486 e. The Bertz CT molecular complexity index is 376. The number of hydrogen-bond acceptors (Lipinski definition) is 1. The van der Waals surface area contributed by atoms with Crippen molar-refractivity contribution in [3.05, 3.63) is 40.6 Å². The van der Waals surface area contributed by atoms with E-state index in [0.29, 0.717) is 10.2 Å². The van der Waals surface area contributed by atoms with Crippen LogP contribution in [0.2, 0.25) is 0 Å². The molecule has 1 nitrogen and oxygen atoms in total. The first-order valence-electron chi connectivity index (χ1n) is 5.04. The topological polar surface area (TPSA) is 9.23 Å². The molecule has 0 saturated heterocycles. The van der Waals surface area contributed by atoms with Crippen LogP contribution < -0.4 is 4.74 Å². The van der Waals surface area contributed by atoms with E-state index in [1.807, 2.05) is 0 Å². The van der Waals surface area contributed by atoms with Gasteiger partial charge in [0.1, 0.15) is 17.7 Å². The van der Waals surface area contributed by atoms with E-state index in [2.05, 4.69) is 28.1 Å². The van der Waals surface area contributed by atoms with E-state index >= 15 is 0 Å². The third-order valence-corrected chi connectivity index (χ3v) is 3.00. The maximum Gasteiger partial charge on any atom is 0.137 e. The molecule has 0 N–H and O–H groups in total. The molecule has 1 aliphatic carbocycles. The molecule has 0 fully saturated rings. The second-order valence-corrected chi connectivity index (χ2v) is 4.45. The van der Waals surface area contributed by atoms with Crippen LogP contribution in [0.4, 0.5) is 4.39 Å². The quantitative estimate of drug-likeness (QED) is 0.736. The molecule has 1 aromatic rings. The predicted octanol–water partition coefficient (Wildman–Crippen LogP) is 4.08. The number of halogens is 2. The maximum absolute atomic E-state index is 13.0. The van der Waals surface area contributed by atoms with Crippen molar-refractivity contribution in [1.29, 1.82) is 0 Å². The lowest BCUT2D eigenvalue weighted by Crippen LogP contribution is -2.15. The molecule has 80 valence electrons. The van der Waals surface area contributed by atoms with Crippen LogP contribution in [0.1, 0.15) is 19.3 Å². The number of rotatable bonds is 2. The first-order chi connectivity index (χ1) is 7.25. The summed E-state index contributed by atoms with van der Waals surface area (Å²) in [6.07, 6.45) is 7.66. The van der Waals surface area contributed by atoms with E-state index in [0.717, 1.165) is 19.3 Å². The van der Waals surface area contributed by atoms with Gasteiger partial charge in [0.2, 0.25) is 0 Å². The molecule has 0 bridgehead atoms. The van der Waals surface area contributed by atoms with Crippen LogP contribution in [0.3, 0.4) is 0 Å². The molecule has 0 aliphatic heterocycles.